The minimum absolute atomic E-state index is 0.326. The minimum atomic E-state index is -0.359. The van der Waals surface area contributed by atoms with Crippen LogP contribution in [0.1, 0.15) is 26.3 Å². The molecule has 0 bridgehead atoms. The highest BCUT2D eigenvalue weighted by Gasteiger charge is 2.18. The Hall–Kier alpha value is -4.13. The number of benzene rings is 3. The Morgan fingerprint density at radius 1 is 0.897 bits per heavy atom. The lowest BCUT2D eigenvalue weighted by atomic mass is 10.1. The van der Waals surface area contributed by atoms with E-state index >= 15 is 0 Å². The Labute approximate surface area is 238 Å². The Balaban J connectivity index is 0.000000177. The van der Waals surface area contributed by atoms with E-state index in [0.29, 0.717) is 17.7 Å². The zero-order chi connectivity index (χ0) is 27.7. The SMILES string of the molecule is COC(=O)c1ccc2c(I)nn(C)c2c1.COC(=O)c1ccc2c(Nc3cccc4c3OCC4)nn(C)c2c1. The van der Waals surface area contributed by atoms with Gasteiger partial charge in [-0.2, -0.15) is 10.2 Å². The number of hydrogen-bond acceptors (Lipinski definition) is 8. The van der Waals surface area contributed by atoms with E-state index in [-0.39, 0.29) is 11.9 Å². The first-order valence-corrected chi connectivity index (χ1v) is 13.2. The molecule has 1 aliphatic heterocycles. The summed E-state index contributed by atoms with van der Waals surface area (Å²) in [5, 5.41) is 14.1. The average Bonchev–Trinajstić information content (AvgIpc) is 3.64. The van der Waals surface area contributed by atoms with Crippen molar-refractivity contribution in [3.63, 3.8) is 0 Å². The van der Waals surface area contributed by atoms with Crippen LogP contribution in [-0.4, -0.2) is 52.3 Å². The summed E-state index contributed by atoms with van der Waals surface area (Å²) in [6.45, 7) is 0.708. The van der Waals surface area contributed by atoms with Gasteiger partial charge in [0.1, 0.15) is 9.45 Å². The molecule has 0 amide bonds. The Kier molecular flexibility index (Phi) is 7.42. The van der Waals surface area contributed by atoms with Crippen molar-refractivity contribution in [3.8, 4) is 5.75 Å². The van der Waals surface area contributed by atoms with Gasteiger partial charge in [-0.3, -0.25) is 9.36 Å². The maximum atomic E-state index is 11.7. The Morgan fingerprint density at radius 2 is 1.51 bits per heavy atom. The fraction of sp³-hybridized carbons (Fsp3) is 0.214. The van der Waals surface area contributed by atoms with Crippen molar-refractivity contribution in [1.29, 1.82) is 0 Å². The first-order valence-electron chi connectivity index (χ1n) is 12.1. The number of aryl methyl sites for hydroxylation is 2. The van der Waals surface area contributed by atoms with Crippen LogP contribution in [0.2, 0.25) is 0 Å². The summed E-state index contributed by atoms with van der Waals surface area (Å²) in [5.74, 6) is 0.935. The lowest BCUT2D eigenvalue weighted by molar-refractivity contribution is 0.0592. The quantitative estimate of drug-likeness (QED) is 0.216. The van der Waals surface area contributed by atoms with Crippen LogP contribution in [0.5, 0.6) is 5.75 Å². The van der Waals surface area contributed by atoms with E-state index in [4.69, 9.17) is 9.47 Å². The number of anilines is 2. The highest BCUT2D eigenvalue weighted by Crippen LogP contribution is 2.36. The summed E-state index contributed by atoms with van der Waals surface area (Å²) in [5.41, 5.74) is 4.94. The highest BCUT2D eigenvalue weighted by molar-refractivity contribution is 14.1. The second-order valence-corrected chi connectivity index (χ2v) is 9.87. The molecule has 39 heavy (non-hydrogen) atoms. The van der Waals surface area contributed by atoms with E-state index in [1.165, 1.54) is 19.8 Å². The van der Waals surface area contributed by atoms with Crippen molar-refractivity contribution in [3.05, 3.63) is 75.0 Å². The van der Waals surface area contributed by atoms with Crippen LogP contribution in [0.25, 0.3) is 21.8 Å². The van der Waals surface area contributed by atoms with Crippen molar-refractivity contribution >= 4 is 67.8 Å². The average molecular weight is 639 g/mol. The number of halogens is 1. The third-order valence-corrected chi connectivity index (χ3v) is 7.26. The number of nitrogens with one attached hydrogen (secondary N) is 1. The van der Waals surface area contributed by atoms with Gasteiger partial charge >= 0.3 is 11.9 Å². The lowest BCUT2D eigenvalue weighted by Gasteiger charge is -2.09. The first-order chi connectivity index (χ1) is 18.8. The van der Waals surface area contributed by atoms with Crippen LogP contribution >= 0.6 is 22.6 Å². The number of ether oxygens (including phenoxy) is 3. The molecule has 2 aromatic heterocycles. The monoisotopic (exact) mass is 639 g/mol. The summed E-state index contributed by atoms with van der Waals surface area (Å²) in [7, 11) is 6.45. The largest absolute Gasteiger partial charge is 0.491 e. The van der Waals surface area contributed by atoms with Gasteiger partial charge in [0.25, 0.3) is 0 Å². The number of methoxy groups -OCH3 is 2. The molecule has 10 nitrogen and oxygen atoms in total. The molecule has 11 heteroatoms. The summed E-state index contributed by atoms with van der Waals surface area (Å²) < 4.78 is 19.6. The van der Waals surface area contributed by atoms with Gasteiger partial charge in [0.15, 0.2) is 5.82 Å². The molecule has 0 aliphatic carbocycles. The van der Waals surface area contributed by atoms with E-state index < -0.39 is 0 Å². The number of carbonyl (C=O) groups excluding carboxylic acids is 2. The molecule has 0 atom stereocenters. The molecule has 3 aromatic carbocycles. The molecular formula is C28H26IN5O5. The fourth-order valence-electron chi connectivity index (χ4n) is 4.49. The van der Waals surface area contributed by atoms with Gasteiger partial charge in [0.2, 0.25) is 0 Å². The van der Waals surface area contributed by atoms with Crippen LogP contribution < -0.4 is 10.1 Å². The number of hydrogen-bond donors (Lipinski definition) is 1. The van der Waals surface area contributed by atoms with Crippen molar-refractivity contribution in [2.24, 2.45) is 14.1 Å². The summed E-state index contributed by atoms with van der Waals surface area (Å²) in [4.78, 5) is 23.0. The number of rotatable bonds is 4. The third-order valence-electron chi connectivity index (χ3n) is 6.47. The molecule has 0 unspecified atom stereocenters. The predicted molar refractivity (Wildman–Crippen MR) is 156 cm³/mol. The van der Waals surface area contributed by atoms with Crippen LogP contribution in [0.3, 0.4) is 0 Å². The molecule has 1 N–H and O–H groups in total. The normalized spacial score (nSPS) is 11.9. The van der Waals surface area contributed by atoms with Crippen LogP contribution in [0.15, 0.2) is 54.6 Å². The zero-order valence-electron chi connectivity index (χ0n) is 21.8. The number of fused-ring (bicyclic) bond motifs is 3. The minimum Gasteiger partial charge on any atom is -0.491 e. The standard InChI is InChI=1S/C18H17N3O3.C10H9IN2O2/c1-21-15-10-12(18(22)23-2)6-7-13(15)17(20-21)19-14-5-3-4-11-8-9-24-16(11)14;1-13-8-5-6(10(14)15-2)3-4-7(8)9(11)12-13/h3-7,10H,8-9H2,1-2H3,(H,19,20);3-5H,1-2H3. The van der Waals surface area contributed by atoms with Gasteiger partial charge in [0.05, 0.1) is 48.7 Å². The van der Waals surface area contributed by atoms with Gasteiger partial charge in [-0.25, -0.2) is 9.59 Å². The van der Waals surface area contributed by atoms with Gasteiger partial charge in [0, 0.05) is 31.3 Å². The summed E-state index contributed by atoms with van der Waals surface area (Å²) in [6.07, 6.45) is 0.927. The van der Waals surface area contributed by atoms with Crippen LogP contribution in [0.4, 0.5) is 11.5 Å². The fourth-order valence-corrected chi connectivity index (χ4v) is 5.27. The molecule has 0 saturated heterocycles. The molecule has 6 rings (SSSR count). The van der Waals surface area contributed by atoms with Crippen molar-refractivity contribution < 1.29 is 23.8 Å². The van der Waals surface area contributed by atoms with E-state index in [1.54, 1.807) is 33.6 Å². The number of nitrogens with zero attached hydrogens (tertiary/aromatic N) is 4. The van der Waals surface area contributed by atoms with Crippen LogP contribution in [0, 0.1) is 3.70 Å². The Bertz CT molecular complexity index is 1720. The second-order valence-electron chi connectivity index (χ2n) is 8.85. The van der Waals surface area contributed by atoms with E-state index in [2.05, 4.69) is 48.9 Å². The predicted octanol–water partition coefficient (Wildman–Crippen LogP) is 5.00. The maximum Gasteiger partial charge on any atom is 0.337 e. The van der Waals surface area contributed by atoms with Crippen molar-refractivity contribution in [2.75, 3.05) is 26.1 Å². The third kappa shape index (κ3) is 5.13. The molecule has 0 radical (unpaired) electrons. The molecule has 1 aliphatic rings. The number of esters is 2. The van der Waals surface area contributed by atoms with Crippen LogP contribution in [-0.2, 0) is 30.0 Å². The Morgan fingerprint density at radius 3 is 2.18 bits per heavy atom. The van der Waals surface area contributed by atoms with Crippen molar-refractivity contribution in [2.45, 2.75) is 6.42 Å². The first kappa shape index (κ1) is 26.5. The molecule has 5 aromatic rings. The van der Waals surface area contributed by atoms with E-state index in [0.717, 1.165) is 49.2 Å². The topological polar surface area (TPSA) is 110 Å². The van der Waals surface area contributed by atoms with Gasteiger partial charge < -0.3 is 19.5 Å². The maximum absolute atomic E-state index is 11.7. The highest BCUT2D eigenvalue weighted by atomic mass is 127. The van der Waals surface area contributed by atoms with Gasteiger partial charge in [-0.05, 0) is 70.6 Å². The smallest absolute Gasteiger partial charge is 0.337 e. The molecule has 200 valence electrons. The van der Waals surface area contributed by atoms with Gasteiger partial charge in [-0.1, -0.05) is 12.1 Å². The summed E-state index contributed by atoms with van der Waals surface area (Å²) in [6, 6.07) is 16.9. The molecule has 0 spiro atoms. The summed E-state index contributed by atoms with van der Waals surface area (Å²) >= 11 is 2.17. The number of carbonyl (C=O) groups is 2. The number of para-hydroxylation sites is 1. The molecule has 3 heterocycles. The lowest BCUT2D eigenvalue weighted by Crippen LogP contribution is -2.01. The molecule has 0 fully saturated rings. The number of aromatic nitrogens is 4. The molecule has 0 saturated carbocycles. The van der Waals surface area contributed by atoms with E-state index in [1.807, 2.05) is 38.4 Å². The van der Waals surface area contributed by atoms with Gasteiger partial charge in [-0.15, -0.1) is 0 Å². The second kappa shape index (κ2) is 10.9. The zero-order valence-corrected chi connectivity index (χ0v) is 24.0. The van der Waals surface area contributed by atoms with E-state index in [9.17, 15) is 9.59 Å². The van der Waals surface area contributed by atoms with Crippen molar-refractivity contribution in [1.82, 2.24) is 19.6 Å². The molecular weight excluding hydrogens is 613 g/mol.